The van der Waals surface area contributed by atoms with Gasteiger partial charge in [-0.3, -0.25) is 14.5 Å². The second-order valence-electron chi connectivity index (χ2n) is 9.76. The molecule has 0 saturated heterocycles. The van der Waals surface area contributed by atoms with Gasteiger partial charge in [-0.1, -0.05) is 48.9 Å². The number of thiazole rings is 1. The van der Waals surface area contributed by atoms with Gasteiger partial charge in [0.1, 0.15) is 11.5 Å². The minimum atomic E-state index is -0.966. The highest BCUT2D eigenvalue weighted by molar-refractivity contribution is 7.22. The van der Waals surface area contributed by atoms with Gasteiger partial charge >= 0.3 is 0 Å². The molecule has 1 unspecified atom stereocenters. The Morgan fingerprint density at radius 1 is 1.05 bits per heavy atom. The van der Waals surface area contributed by atoms with E-state index in [1.54, 1.807) is 67.8 Å². The second kappa shape index (κ2) is 11.2. The molecule has 0 saturated carbocycles. The maximum atomic E-state index is 14.0. The largest absolute Gasteiger partial charge is 0.503 e. The molecule has 0 fully saturated rings. The molecule has 42 heavy (non-hydrogen) atoms. The molecule has 1 aliphatic heterocycles. The highest BCUT2D eigenvalue weighted by Gasteiger charge is 2.46. The molecule has 1 N–H and O–H groups in total. The Bertz CT molecular complexity index is 1840. The van der Waals surface area contributed by atoms with Crippen LogP contribution in [-0.4, -0.2) is 42.6 Å². The fourth-order valence-corrected chi connectivity index (χ4v) is 6.02. The molecule has 6 rings (SSSR count). The maximum absolute atomic E-state index is 14.0. The first-order valence-corrected chi connectivity index (χ1v) is 14.3. The fourth-order valence-electron chi connectivity index (χ4n) is 5.00. The zero-order chi connectivity index (χ0) is 29.4. The first kappa shape index (κ1) is 27.3. The molecule has 10 heteroatoms. The summed E-state index contributed by atoms with van der Waals surface area (Å²) in [6, 6.07) is 18.5. The van der Waals surface area contributed by atoms with E-state index in [4.69, 9.17) is 18.6 Å². The van der Waals surface area contributed by atoms with Crippen LogP contribution in [0.25, 0.3) is 21.2 Å². The van der Waals surface area contributed by atoms with Gasteiger partial charge in [-0.2, -0.15) is 0 Å². The third-order valence-electron chi connectivity index (χ3n) is 7.16. The summed E-state index contributed by atoms with van der Waals surface area (Å²) < 4.78 is 23.3. The third-order valence-corrected chi connectivity index (χ3v) is 8.17. The molecule has 1 aliphatic rings. The number of nitrogens with zero attached hydrogens (tertiary/aromatic N) is 2. The van der Waals surface area contributed by atoms with Crippen molar-refractivity contribution in [3.8, 4) is 17.2 Å². The quantitative estimate of drug-likeness (QED) is 0.138. The van der Waals surface area contributed by atoms with Gasteiger partial charge in [0.25, 0.3) is 5.91 Å². The number of hydrogen-bond donors (Lipinski definition) is 1. The van der Waals surface area contributed by atoms with Crippen LogP contribution in [0.3, 0.4) is 0 Å². The molecule has 9 nitrogen and oxygen atoms in total. The highest BCUT2D eigenvalue weighted by atomic mass is 32.1. The number of ether oxygens (including phenoxy) is 3. The number of Topliss-reactive ketones (excluding diaryl/α,β-unsaturated/α-hetero) is 1. The van der Waals surface area contributed by atoms with Gasteiger partial charge in [0.2, 0.25) is 5.78 Å². The minimum absolute atomic E-state index is 0.0238. The molecule has 1 amide bonds. The third kappa shape index (κ3) is 4.73. The lowest BCUT2D eigenvalue weighted by atomic mass is 9.95. The Labute approximate surface area is 245 Å². The van der Waals surface area contributed by atoms with Crippen molar-refractivity contribution < 1.29 is 33.3 Å². The standard InChI is InChI=1S/C32H28N2O7S/c1-4-5-15-40-20-11-9-18(10-12-20)27-26(28(35)24-16-19-7-6-8-23(39-3)30(19)41-24)29(36)31(37)34(27)32-33-22-14-13-21(38-2)17-25(22)42-32/h6-14,16-17,27,36H,4-5,15H2,1-3H3. The number of carbonyl (C=O) groups is 2. The van der Waals surface area contributed by atoms with Crippen molar-refractivity contribution in [1.29, 1.82) is 0 Å². The van der Waals surface area contributed by atoms with Gasteiger partial charge < -0.3 is 23.7 Å². The Morgan fingerprint density at radius 3 is 2.57 bits per heavy atom. The van der Waals surface area contributed by atoms with Crippen molar-refractivity contribution in [2.45, 2.75) is 25.8 Å². The number of methoxy groups -OCH3 is 2. The smallest absolute Gasteiger partial charge is 0.296 e. The number of carbonyl (C=O) groups excluding carboxylic acids is 2. The van der Waals surface area contributed by atoms with Gasteiger partial charge in [-0.05, 0) is 54.4 Å². The molecular formula is C32H28N2O7S. The van der Waals surface area contributed by atoms with Gasteiger partial charge in [0, 0.05) is 5.39 Å². The predicted molar refractivity (Wildman–Crippen MR) is 160 cm³/mol. The van der Waals surface area contributed by atoms with Crippen LogP contribution in [0.1, 0.15) is 41.9 Å². The summed E-state index contributed by atoms with van der Waals surface area (Å²) in [4.78, 5) is 33.8. The molecule has 5 aromatic rings. The summed E-state index contributed by atoms with van der Waals surface area (Å²) in [5, 5.41) is 12.2. The monoisotopic (exact) mass is 584 g/mol. The van der Waals surface area contributed by atoms with Crippen molar-refractivity contribution in [1.82, 2.24) is 4.98 Å². The van der Waals surface area contributed by atoms with E-state index in [2.05, 4.69) is 11.9 Å². The Morgan fingerprint density at radius 2 is 1.83 bits per heavy atom. The molecule has 0 radical (unpaired) electrons. The number of furan rings is 1. The van der Waals surface area contributed by atoms with E-state index in [-0.39, 0.29) is 11.3 Å². The van der Waals surface area contributed by atoms with Gasteiger partial charge in [-0.15, -0.1) is 0 Å². The fraction of sp³-hybridized carbons (Fsp3) is 0.219. The molecule has 0 spiro atoms. The number of aliphatic hydroxyl groups is 1. The topological polar surface area (TPSA) is 111 Å². The Hall–Kier alpha value is -4.83. The van der Waals surface area contributed by atoms with Crippen molar-refractivity contribution in [3.05, 3.63) is 89.4 Å². The molecule has 1 atom stereocenters. The van der Waals surface area contributed by atoms with Gasteiger partial charge in [0.15, 0.2) is 28.0 Å². The molecule has 3 heterocycles. The number of hydrogen-bond acceptors (Lipinski definition) is 9. The number of ketones is 1. The SMILES string of the molecule is CCCCOc1ccc(C2C(C(=O)c3cc4cccc(OC)c4o3)=C(O)C(=O)N2c2nc3ccc(OC)cc3s2)cc1. The summed E-state index contributed by atoms with van der Waals surface area (Å²) in [7, 11) is 3.09. The van der Waals surface area contributed by atoms with Crippen LogP contribution < -0.4 is 19.1 Å². The van der Waals surface area contributed by atoms with Gasteiger partial charge in [-0.25, -0.2) is 4.98 Å². The Balaban J connectivity index is 1.45. The van der Waals surface area contributed by atoms with Crippen molar-refractivity contribution in [2.24, 2.45) is 0 Å². The minimum Gasteiger partial charge on any atom is -0.503 e. The van der Waals surface area contributed by atoms with Crippen molar-refractivity contribution >= 4 is 49.3 Å². The number of para-hydroxylation sites is 1. The molecule has 2 aromatic heterocycles. The van der Waals surface area contributed by atoms with E-state index in [1.165, 1.54) is 23.3 Å². The van der Waals surface area contributed by atoms with E-state index in [1.807, 2.05) is 6.07 Å². The lowest BCUT2D eigenvalue weighted by molar-refractivity contribution is -0.117. The van der Waals surface area contributed by atoms with Crippen LogP contribution in [0.4, 0.5) is 5.13 Å². The summed E-state index contributed by atoms with van der Waals surface area (Å²) in [6.07, 6.45) is 1.93. The first-order chi connectivity index (χ1) is 20.4. The van der Waals surface area contributed by atoms with Gasteiger partial charge in [0.05, 0.1) is 42.7 Å². The first-order valence-electron chi connectivity index (χ1n) is 13.5. The van der Waals surface area contributed by atoms with E-state index in [9.17, 15) is 14.7 Å². The average Bonchev–Trinajstić information content (AvgIpc) is 3.71. The number of benzene rings is 3. The highest BCUT2D eigenvalue weighted by Crippen LogP contribution is 2.45. The van der Waals surface area contributed by atoms with E-state index < -0.39 is 23.5 Å². The number of fused-ring (bicyclic) bond motifs is 2. The lowest BCUT2D eigenvalue weighted by Crippen LogP contribution is -2.30. The number of aromatic nitrogens is 1. The predicted octanol–water partition coefficient (Wildman–Crippen LogP) is 7.02. The van der Waals surface area contributed by atoms with Crippen molar-refractivity contribution in [2.75, 3.05) is 25.7 Å². The summed E-state index contributed by atoms with van der Waals surface area (Å²) in [5.74, 6) is -0.238. The molecular weight excluding hydrogens is 556 g/mol. The molecule has 3 aromatic carbocycles. The van der Waals surface area contributed by atoms with E-state index in [0.717, 1.165) is 17.5 Å². The zero-order valence-corrected chi connectivity index (χ0v) is 24.1. The van der Waals surface area contributed by atoms with Crippen LogP contribution >= 0.6 is 11.3 Å². The lowest BCUT2D eigenvalue weighted by Gasteiger charge is -2.24. The van der Waals surface area contributed by atoms with E-state index >= 15 is 0 Å². The summed E-state index contributed by atoms with van der Waals surface area (Å²) in [5.41, 5.74) is 1.55. The number of amides is 1. The second-order valence-corrected chi connectivity index (χ2v) is 10.8. The average molecular weight is 585 g/mol. The number of rotatable bonds is 10. The molecule has 0 bridgehead atoms. The van der Waals surface area contributed by atoms with E-state index in [0.29, 0.717) is 51.0 Å². The number of unbranched alkanes of at least 4 members (excludes halogenated alkanes) is 1. The number of anilines is 1. The van der Waals surface area contributed by atoms with Crippen LogP contribution in [0.15, 0.2) is 82.5 Å². The van der Waals surface area contributed by atoms with Crippen LogP contribution in [0.2, 0.25) is 0 Å². The van der Waals surface area contributed by atoms with Crippen LogP contribution in [0, 0.1) is 0 Å². The number of aliphatic hydroxyl groups excluding tert-OH is 1. The Kier molecular flexibility index (Phi) is 7.30. The molecule has 0 aliphatic carbocycles. The molecule has 214 valence electrons. The van der Waals surface area contributed by atoms with Crippen molar-refractivity contribution in [3.63, 3.8) is 0 Å². The van der Waals surface area contributed by atoms with Crippen LogP contribution in [-0.2, 0) is 4.79 Å². The summed E-state index contributed by atoms with van der Waals surface area (Å²) in [6.45, 7) is 2.67. The maximum Gasteiger partial charge on any atom is 0.296 e. The zero-order valence-electron chi connectivity index (χ0n) is 23.2. The normalized spacial score (nSPS) is 15.2. The van der Waals surface area contributed by atoms with Crippen LogP contribution in [0.5, 0.6) is 17.2 Å². The summed E-state index contributed by atoms with van der Waals surface area (Å²) >= 11 is 1.26.